The van der Waals surface area contributed by atoms with Crippen molar-refractivity contribution in [2.45, 2.75) is 26.7 Å². The van der Waals surface area contributed by atoms with Gasteiger partial charge >= 0.3 is 11.8 Å². The smallest absolute Gasteiger partial charge is 0.308 e. The molecule has 32 heavy (non-hydrogen) atoms. The van der Waals surface area contributed by atoms with E-state index in [-0.39, 0.29) is 12.7 Å². The molecule has 1 amide bonds. The van der Waals surface area contributed by atoms with Crippen LogP contribution in [0.25, 0.3) is 0 Å². The van der Waals surface area contributed by atoms with Crippen LogP contribution >= 0.6 is 0 Å². The second kappa shape index (κ2) is 10.0. The summed E-state index contributed by atoms with van der Waals surface area (Å²) in [6, 6.07) is 11.3. The lowest BCUT2D eigenvalue weighted by atomic mass is 10.1. The van der Waals surface area contributed by atoms with Crippen molar-refractivity contribution in [1.29, 1.82) is 0 Å². The van der Waals surface area contributed by atoms with Gasteiger partial charge in [-0.2, -0.15) is 0 Å². The van der Waals surface area contributed by atoms with Gasteiger partial charge in [0.2, 0.25) is 12.7 Å². The molecule has 1 aliphatic rings. The van der Waals surface area contributed by atoms with Crippen LogP contribution in [0.4, 0.5) is 0 Å². The maximum Gasteiger partial charge on any atom is 0.308 e. The number of fused-ring (bicyclic) bond motifs is 1. The highest BCUT2D eigenvalue weighted by Crippen LogP contribution is 2.33. The average Bonchev–Trinajstić information content (AvgIpc) is 3.45. The summed E-state index contributed by atoms with van der Waals surface area (Å²) in [4.78, 5) is 12.4. The summed E-state index contributed by atoms with van der Waals surface area (Å²) in [6.45, 7) is 5.60. The first-order valence-corrected chi connectivity index (χ1v) is 10.5. The number of carbonyl (C=O) groups is 1. The Bertz CT molecular complexity index is 1080. The fourth-order valence-corrected chi connectivity index (χ4v) is 3.29. The van der Waals surface area contributed by atoms with E-state index in [1.807, 2.05) is 50.2 Å². The summed E-state index contributed by atoms with van der Waals surface area (Å²) in [5.41, 5.74) is 1.94. The van der Waals surface area contributed by atoms with Crippen molar-refractivity contribution in [3.63, 3.8) is 0 Å². The van der Waals surface area contributed by atoms with Gasteiger partial charge in [0.05, 0.1) is 19.6 Å². The van der Waals surface area contributed by atoms with Crippen LogP contribution in [0.2, 0.25) is 0 Å². The number of aromatic nitrogens is 2. The van der Waals surface area contributed by atoms with Gasteiger partial charge < -0.3 is 28.7 Å². The first-order valence-electron chi connectivity index (χ1n) is 10.5. The molecule has 2 heterocycles. The zero-order valence-corrected chi connectivity index (χ0v) is 18.1. The van der Waals surface area contributed by atoms with E-state index in [4.69, 9.17) is 23.4 Å². The molecule has 0 atom stereocenters. The molecule has 1 aliphatic heterocycles. The number of hydrogen-bond donors (Lipinski definition) is 1. The maximum atomic E-state index is 12.4. The van der Waals surface area contributed by atoms with Crippen LogP contribution in [0.1, 0.15) is 41.6 Å². The first-order chi connectivity index (χ1) is 15.7. The van der Waals surface area contributed by atoms with Crippen molar-refractivity contribution in [3.05, 3.63) is 59.3 Å². The summed E-state index contributed by atoms with van der Waals surface area (Å²) in [6.07, 6.45) is 1.01. The molecule has 3 aromatic rings. The van der Waals surface area contributed by atoms with Crippen molar-refractivity contribution in [2.75, 3.05) is 26.6 Å². The zero-order chi connectivity index (χ0) is 22.3. The molecule has 1 aromatic heterocycles. The lowest BCUT2D eigenvalue weighted by Gasteiger charge is -2.12. The van der Waals surface area contributed by atoms with Gasteiger partial charge in [-0.3, -0.25) is 4.79 Å². The fourth-order valence-electron chi connectivity index (χ4n) is 3.29. The van der Waals surface area contributed by atoms with E-state index in [2.05, 4.69) is 15.5 Å². The van der Waals surface area contributed by atoms with Gasteiger partial charge in [-0.25, -0.2) is 0 Å². The normalized spacial score (nSPS) is 11.9. The summed E-state index contributed by atoms with van der Waals surface area (Å²) < 4.78 is 27.4. The second-order valence-electron chi connectivity index (χ2n) is 7.02. The van der Waals surface area contributed by atoms with Crippen molar-refractivity contribution in [3.8, 4) is 23.0 Å². The zero-order valence-electron chi connectivity index (χ0n) is 18.1. The Labute approximate surface area is 185 Å². The number of ether oxygens (including phenoxy) is 4. The van der Waals surface area contributed by atoms with Crippen molar-refractivity contribution in [2.24, 2.45) is 0 Å². The summed E-state index contributed by atoms with van der Waals surface area (Å²) >= 11 is 0. The van der Waals surface area contributed by atoms with Gasteiger partial charge in [0.25, 0.3) is 0 Å². The first kappa shape index (κ1) is 21.5. The highest BCUT2D eigenvalue weighted by Gasteiger charge is 2.17. The quantitative estimate of drug-likeness (QED) is 0.514. The molecule has 0 radical (unpaired) electrons. The Balaban J connectivity index is 1.30. The molecule has 9 heteroatoms. The van der Waals surface area contributed by atoms with Crippen molar-refractivity contribution >= 4 is 5.91 Å². The minimum Gasteiger partial charge on any atom is -0.490 e. The third-order valence-corrected chi connectivity index (χ3v) is 4.76. The number of benzene rings is 2. The van der Waals surface area contributed by atoms with Crippen LogP contribution in [0, 0.1) is 0 Å². The van der Waals surface area contributed by atoms with Gasteiger partial charge in [-0.05, 0) is 55.7 Å². The minimum absolute atomic E-state index is 0.0672. The fraction of sp³-hybridized carbons (Fsp3) is 0.348. The van der Waals surface area contributed by atoms with Crippen LogP contribution in [0.3, 0.4) is 0 Å². The highest BCUT2D eigenvalue weighted by atomic mass is 16.7. The third kappa shape index (κ3) is 5.11. The Kier molecular flexibility index (Phi) is 6.74. The summed E-state index contributed by atoms with van der Waals surface area (Å²) in [5, 5.41) is 10.6. The number of rotatable bonds is 10. The second-order valence-corrected chi connectivity index (χ2v) is 7.02. The van der Waals surface area contributed by atoms with Gasteiger partial charge in [0.15, 0.2) is 23.0 Å². The predicted octanol–water partition coefficient (Wildman–Crippen LogP) is 3.16. The molecule has 2 aromatic carbocycles. The summed E-state index contributed by atoms with van der Waals surface area (Å²) in [5.74, 6) is 2.67. The SMILES string of the molecule is CCOc1ccc(CCNC(=O)c2nnc(Cc3ccc4c(c3)OCO4)o2)cc1OCC. The lowest BCUT2D eigenvalue weighted by Crippen LogP contribution is -2.26. The minimum atomic E-state index is -0.412. The molecule has 0 bridgehead atoms. The average molecular weight is 439 g/mol. The van der Waals surface area contributed by atoms with Crippen LogP contribution in [-0.4, -0.2) is 42.7 Å². The van der Waals surface area contributed by atoms with E-state index in [0.717, 1.165) is 11.1 Å². The Morgan fingerprint density at radius 3 is 2.59 bits per heavy atom. The largest absolute Gasteiger partial charge is 0.490 e. The van der Waals surface area contributed by atoms with Crippen LogP contribution in [0.5, 0.6) is 23.0 Å². The van der Waals surface area contributed by atoms with E-state index in [0.29, 0.717) is 61.5 Å². The Hall–Kier alpha value is -3.75. The van der Waals surface area contributed by atoms with Gasteiger partial charge in [-0.1, -0.05) is 12.1 Å². The lowest BCUT2D eigenvalue weighted by molar-refractivity contribution is 0.0918. The van der Waals surface area contributed by atoms with Gasteiger partial charge in [0, 0.05) is 6.54 Å². The molecule has 4 rings (SSSR count). The predicted molar refractivity (Wildman–Crippen MR) is 114 cm³/mol. The van der Waals surface area contributed by atoms with E-state index >= 15 is 0 Å². The monoisotopic (exact) mass is 439 g/mol. The molecule has 168 valence electrons. The summed E-state index contributed by atoms with van der Waals surface area (Å²) in [7, 11) is 0. The molecule has 0 saturated heterocycles. The molecule has 0 spiro atoms. The van der Waals surface area contributed by atoms with Gasteiger partial charge in [-0.15, -0.1) is 10.2 Å². The van der Waals surface area contributed by atoms with E-state index in [9.17, 15) is 4.79 Å². The molecule has 0 saturated carbocycles. The van der Waals surface area contributed by atoms with E-state index in [1.165, 1.54) is 0 Å². The number of hydrogen-bond acceptors (Lipinski definition) is 8. The standard InChI is InChI=1S/C23H25N3O6/c1-3-28-17-7-5-15(11-19(17)29-4-2)9-10-24-22(27)23-26-25-21(32-23)13-16-6-8-18-20(12-16)31-14-30-18/h5-8,11-12H,3-4,9-10,13-14H2,1-2H3,(H,24,27). The third-order valence-electron chi connectivity index (χ3n) is 4.76. The van der Waals surface area contributed by atoms with E-state index < -0.39 is 5.91 Å². The van der Waals surface area contributed by atoms with Crippen LogP contribution < -0.4 is 24.3 Å². The number of carbonyl (C=O) groups excluding carboxylic acids is 1. The topological polar surface area (TPSA) is 105 Å². The van der Waals surface area contributed by atoms with E-state index in [1.54, 1.807) is 0 Å². The molecular weight excluding hydrogens is 414 g/mol. The maximum absolute atomic E-state index is 12.4. The molecule has 1 N–H and O–H groups in total. The molecule has 0 unspecified atom stereocenters. The number of nitrogens with zero attached hydrogens (tertiary/aromatic N) is 2. The number of amides is 1. The molecule has 0 aliphatic carbocycles. The Morgan fingerprint density at radius 2 is 1.75 bits per heavy atom. The van der Waals surface area contributed by atoms with Crippen molar-refractivity contribution < 1.29 is 28.2 Å². The highest BCUT2D eigenvalue weighted by molar-refractivity contribution is 5.89. The molecule has 0 fully saturated rings. The molecule has 9 nitrogen and oxygen atoms in total. The van der Waals surface area contributed by atoms with Crippen molar-refractivity contribution in [1.82, 2.24) is 15.5 Å². The molecular formula is C23H25N3O6. The van der Waals surface area contributed by atoms with Crippen LogP contribution in [0.15, 0.2) is 40.8 Å². The van der Waals surface area contributed by atoms with Gasteiger partial charge in [0.1, 0.15) is 0 Å². The van der Waals surface area contributed by atoms with Crippen LogP contribution in [-0.2, 0) is 12.8 Å². The number of nitrogens with one attached hydrogen (secondary N) is 1. The Morgan fingerprint density at radius 1 is 0.969 bits per heavy atom.